The van der Waals surface area contributed by atoms with E-state index in [1.165, 1.54) is 13.3 Å². The standard InChI is InChI=1S/C14H22F3NO2/c1-9-7-11-5-3-4-6-12(11)18(9)13(19)10(2)20-8-14(15,16)17/h9-12H,3-8H2,1-2H3/t9-,10+,11-,12+/m1/s1. The molecule has 0 bridgehead atoms. The van der Waals surface area contributed by atoms with E-state index in [1.54, 1.807) is 4.90 Å². The second-order valence-electron chi connectivity index (χ2n) is 6.01. The van der Waals surface area contributed by atoms with Gasteiger partial charge in [0.25, 0.3) is 5.91 Å². The molecule has 3 nitrogen and oxygen atoms in total. The molecule has 2 rings (SSSR count). The molecule has 0 radical (unpaired) electrons. The van der Waals surface area contributed by atoms with Gasteiger partial charge in [-0.05, 0) is 39.0 Å². The number of halogens is 3. The van der Waals surface area contributed by atoms with Gasteiger partial charge in [-0.25, -0.2) is 0 Å². The van der Waals surface area contributed by atoms with Gasteiger partial charge in [-0.15, -0.1) is 0 Å². The molecule has 2 aliphatic rings. The summed E-state index contributed by atoms with van der Waals surface area (Å²) in [7, 11) is 0. The van der Waals surface area contributed by atoms with Crippen molar-refractivity contribution in [1.29, 1.82) is 0 Å². The maximum Gasteiger partial charge on any atom is 0.411 e. The summed E-state index contributed by atoms with van der Waals surface area (Å²) >= 11 is 0. The van der Waals surface area contributed by atoms with Crippen molar-refractivity contribution in [1.82, 2.24) is 4.90 Å². The van der Waals surface area contributed by atoms with Gasteiger partial charge < -0.3 is 9.64 Å². The number of ether oxygens (including phenoxy) is 1. The fourth-order valence-electron chi connectivity index (χ4n) is 3.59. The minimum atomic E-state index is -4.39. The van der Waals surface area contributed by atoms with E-state index < -0.39 is 18.9 Å². The third kappa shape index (κ3) is 3.45. The molecule has 1 saturated heterocycles. The molecular formula is C14H22F3NO2. The quantitative estimate of drug-likeness (QED) is 0.800. The molecule has 1 saturated carbocycles. The Morgan fingerprint density at radius 3 is 2.65 bits per heavy atom. The van der Waals surface area contributed by atoms with Crippen molar-refractivity contribution in [2.75, 3.05) is 6.61 Å². The molecule has 0 unspecified atom stereocenters. The first kappa shape index (κ1) is 15.6. The molecule has 0 aromatic rings. The second-order valence-corrected chi connectivity index (χ2v) is 6.01. The molecular weight excluding hydrogens is 271 g/mol. The first-order valence-corrected chi connectivity index (χ1v) is 7.30. The van der Waals surface area contributed by atoms with Crippen LogP contribution in [0.15, 0.2) is 0 Å². The average molecular weight is 293 g/mol. The molecule has 0 aromatic carbocycles. The first-order chi connectivity index (χ1) is 9.29. The maximum atomic E-state index is 12.4. The zero-order chi connectivity index (χ0) is 14.9. The summed E-state index contributed by atoms with van der Waals surface area (Å²) in [5.41, 5.74) is 0. The summed E-state index contributed by atoms with van der Waals surface area (Å²) < 4.78 is 41.1. The summed E-state index contributed by atoms with van der Waals surface area (Å²) in [5, 5.41) is 0. The van der Waals surface area contributed by atoms with E-state index in [0.717, 1.165) is 25.7 Å². The zero-order valence-electron chi connectivity index (χ0n) is 11.9. The van der Waals surface area contributed by atoms with Crippen LogP contribution in [0, 0.1) is 5.92 Å². The van der Waals surface area contributed by atoms with Crippen molar-refractivity contribution in [3.8, 4) is 0 Å². The topological polar surface area (TPSA) is 29.5 Å². The monoisotopic (exact) mass is 293 g/mol. The summed E-state index contributed by atoms with van der Waals surface area (Å²) in [5.74, 6) is 0.216. The Balaban J connectivity index is 1.96. The summed E-state index contributed by atoms with van der Waals surface area (Å²) in [6, 6.07) is 0.302. The van der Waals surface area contributed by atoms with Gasteiger partial charge in [-0.2, -0.15) is 13.2 Å². The lowest BCUT2D eigenvalue weighted by Gasteiger charge is -2.34. The third-order valence-corrected chi connectivity index (χ3v) is 4.44. The molecule has 116 valence electrons. The Morgan fingerprint density at radius 2 is 2.00 bits per heavy atom. The van der Waals surface area contributed by atoms with Crippen LogP contribution in [0.4, 0.5) is 13.2 Å². The van der Waals surface area contributed by atoms with Crippen LogP contribution in [0.5, 0.6) is 0 Å². The predicted octanol–water partition coefficient (Wildman–Crippen LogP) is 3.13. The molecule has 0 N–H and O–H groups in total. The van der Waals surface area contributed by atoms with E-state index >= 15 is 0 Å². The largest absolute Gasteiger partial charge is 0.411 e. The molecule has 6 heteroatoms. The predicted molar refractivity (Wildman–Crippen MR) is 68.1 cm³/mol. The number of likely N-dealkylation sites (tertiary alicyclic amines) is 1. The first-order valence-electron chi connectivity index (χ1n) is 7.30. The molecule has 20 heavy (non-hydrogen) atoms. The van der Waals surface area contributed by atoms with Crippen molar-refractivity contribution in [2.24, 2.45) is 5.92 Å². The van der Waals surface area contributed by atoms with Crippen molar-refractivity contribution < 1.29 is 22.7 Å². The van der Waals surface area contributed by atoms with E-state index in [9.17, 15) is 18.0 Å². The van der Waals surface area contributed by atoms with Crippen LogP contribution in [0.1, 0.15) is 46.0 Å². The number of alkyl halides is 3. The molecule has 0 aromatic heterocycles. The Labute approximate surface area is 117 Å². The van der Waals surface area contributed by atoms with Gasteiger partial charge in [0.2, 0.25) is 0 Å². The molecule has 0 spiro atoms. The summed E-state index contributed by atoms with van der Waals surface area (Å²) in [6.45, 7) is 2.03. The summed E-state index contributed by atoms with van der Waals surface area (Å²) in [4.78, 5) is 14.1. The number of nitrogens with zero attached hydrogens (tertiary/aromatic N) is 1. The lowest BCUT2D eigenvalue weighted by atomic mass is 9.85. The Morgan fingerprint density at radius 1 is 1.35 bits per heavy atom. The lowest BCUT2D eigenvalue weighted by molar-refractivity contribution is -0.189. The highest BCUT2D eigenvalue weighted by Crippen LogP contribution is 2.39. The Bertz CT molecular complexity index is 359. The van der Waals surface area contributed by atoms with Gasteiger partial charge in [0.1, 0.15) is 12.7 Å². The van der Waals surface area contributed by atoms with Crippen LogP contribution >= 0.6 is 0 Å². The fourth-order valence-corrected chi connectivity index (χ4v) is 3.59. The van der Waals surface area contributed by atoms with Gasteiger partial charge in [-0.3, -0.25) is 4.79 Å². The second kappa shape index (κ2) is 5.92. The molecule has 1 aliphatic carbocycles. The van der Waals surface area contributed by atoms with Gasteiger partial charge in [0.15, 0.2) is 0 Å². The number of rotatable bonds is 3. The number of amides is 1. The van der Waals surface area contributed by atoms with Crippen molar-refractivity contribution in [2.45, 2.75) is 70.3 Å². The lowest BCUT2D eigenvalue weighted by Crippen LogP contribution is -2.47. The molecule has 1 heterocycles. The van der Waals surface area contributed by atoms with Crippen LogP contribution in [-0.2, 0) is 9.53 Å². The third-order valence-electron chi connectivity index (χ3n) is 4.44. The van der Waals surface area contributed by atoms with Crippen LogP contribution in [0.25, 0.3) is 0 Å². The molecule has 4 atom stereocenters. The number of fused-ring (bicyclic) bond motifs is 1. The molecule has 2 fully saturated rings. The van der Waals surface area contributed by atoms with Crippen LogP contribution in [0.2, 0.25) is 0 Å². The molecule has 1 aliphatic heterocycles. The SMILES string of the molecule is C[C@H](OCC(F)(F)F)C(=O)N1[C@H](C)C[C@H]2CCCC[C@@H]21. The van der Waals surface area contributed by atoms with E-state index in [1.807, 2.05) is 6.92 Å². The average Bonchev–Trinajstić information content (AvgIpc) is 2.70. The van der Waals surface area contributed by atoms with Gasteiger partial charge in [0.05, 0.1) is 0 Å². The Kier molecular flexibility index (Phi) is 4.62. The number of hydrogen-bond donors (Lipinski definition) is 0. The zero-order valence-corrected chi connectivity index (χ0v) is 11.9. The maximum absolute atomic E-state index is 12.4. The normalized spacial score (nSPS) is 32.0. The highest BCUT2D eigenvalue weighted by atomic mass is 19.4. The fraction of sp³-hybridized carbons (Fsp3) is 0.929. The van der Waals surface area contributed by atoms with Crippen LogP contribution < -0.4 is 0 Å². The minimum Gasteiger partial charge on any atom is -0.359 e. The number of hydrogen-bond acceptors (Lipinski definition) is 2. The van der Waals surface area contributed by atoms with E-state index in [-0.39, 0.29) is 18.0 Å². The van der Waals surface area contributed by atoms with Gasteiger partial charge in [-0.1, -0.05) is 12.8 Å². The smallest absolute Gasteiger partial charge is 0.359 e. The van der Waals surface area contributed by atoms with Crippen molar-refractivity contribution in [3.63, 3.8) is 0 Å². The highest BCUT2D eigenvalue weighted by Gasteiger charge is 2.44. The van der Waals surface area contributed by atoms with Crippen molar-refractivity contribution >= 4 is 5.91 Å². The van der Waals surface area contributed by atoms with E-state index in [4.69, 9.17) is 4.74 Å². The van der Waals surface area contributed by atoms with E-state index in [0.29, 0.717) is 5.92 Å². The summed E-state index contributed by atoms with van der Waals surface area (Å²) in [6.07, 6.45) is -0.0878. The van der Waals surface area contributed by atoms with Gasteiger partial charge >= 0.3 is 6.18 Å². The highest BCUT2D eigenvalue weighted by molar-refractivity contribution is 5.81. The number of carbonyl (C=O) groups is 1. The number of carbonyl (C=O) groups excluding carboxylic acids is 1. The Hall–Kier alpha value is -0.780. The van der Waals surface area contributed by atoms with Crippen LogP contribution in [-0.4, -0.2) is 41.8 Å². The van der Waals surface area contributed by atoms with Crippen molar-refractivity contribution in [3.05, 3.63) is 0 Å². The van der Waals surface area contributed by atoms with Crippen LogP contribution in [0.3, 0.4) is 0 Å². The van der Waals surface area contributed by atoms with Gasteiger partial charge in [0, 0.05) is 12.1 Å². The molecule has 1 amide bonds. The minimum absolute atomic E-state index is 0.104. The van der Waals surface area contributed by atoms with E-state index in [2.05, 4.69) is 0 Å².